The zero-order valence-electron chi connectivity index (χ0n) is 17.0. The largest absolute Gasteiger partial charge is 0.493 e. The van der Waals surface area contributed by atoms with Crippen LogP contribution in [0.3, 0.4) is 0 Å². The highest BCUT2D eigenvalue weighted by atomic mass is 16.5. The summed E-state index contributed by atoms with van der Waals surface area (Å²) < 4.78 is 5.92. The molecule has 0 amide bonds. The summed E-state index contributed by atoms with van der Waals surface area (Å²) in [5.74, 6) is 2.63. The number of nitrogens with zero attached hydrogens (tertiary/aromatic N) is 2. The number of benzene rings is 1. The van der Waals surface area contributed by atoms with Gasteiger partial charge in [0.15, 0.2) is 0 Å². The van der Waals surface area contributed by atoms with Crippen LogP contribution in [0.4, 0.5) is 11.5 Å². The molecule has 2 atom stereocenters. The van der Waals surface area contributed by atoms with Crippen molar-refractivity contribution in [2.75, 3.05) is 37.0 Å². The summed E-state index contributed by atoms with van der Waals surface area (Å²) in [6, 6.07) is 12.6. The lowest BCUT2D eigenvalue weighted by Gasteiger charge is -2.27. The number of likely N-dealkylation sites (N-methyl/N-ethyl adjacent to an activating group) is 1. The van der Waals surface area contributed by atoms with Crippen LogP contribution >= 0.6 is 0 Å². The van der Waals surface area contributed by atoms with Gasteiger partial charge in [-0.1, -0.05) is 19.1 Å². The van der Waals surface area contributed by atoms with E-state index >= 15 is 0 Å². The number of ether oxygens (including phenoxy) is 1. The van der Waals surface area contributed by atoms with Gasteiger partial charge in [0.25, 0.3) is 0 Å². The van der Waals surface area contributed by atoms with Crippen molar-refractivity contribution in [2.45, 2.75) is 39.0 Å². The van der Waals surface area contributed by atoms with E-state index in [-0.39, 0.29) is 11.2 Å². The molecular weight excluding hydrogens is 350 g/mol. The number of Topliss-reactive ketones (excluding diaryl/α,β-unsaturated/α-hetero) is 1. The molecule has 5 heteroatoms. The number of rotatable bonds is 7. The molecule has 1 aliphatic heterocycles. The first-order valence-corrected chi connectivity index (χ1v) is 10.1. The third kappa shape index (κ3) is 3.98. The molecule has 1 aromatic heterocycles. The number of hydrogen-bond donors (Lipinski definition) is 1. The highest BCUT2D eigenvalue weighted by Crippen LogP contribution is 2.61. The first-order valence-electron chi connectivity index (χ1n) is 10.1. The maximum atomic E-state index is 11.4. The number of fused-ring (bicyclic) bond motifs is 1. The maximum Gasteiger partial charge on any atom is 0.149 e. The number of hydrogen-bond acceptors (Lipinski definition) is 5. The normalized spacial score (nSPS) is 23.0. The standard InChI is InChI=1S/C23H29N3O2/c1-16(27)14-23(2)15-20(23)17-4-7-19(8-5-17)28-13-10-18-6-9-21-22(25-18)24-11-12-26(21)3/h4-9,20H,10-15H2,1-3H3,(H,24,25). The Morgan fingerprint density at radius 2 is 2.07 bits per heavy atom. The van der Waals surface area contributed by atoms with Gasteiger partial charge in [0.2, 0.25) is 0 Å². The van der Waals surface area contributed by atoms with Crippen molar-refractivity contribution in [3.8, 4) is 5.75 Å². The highest BCUT2D eigenvalue weighted by molar-refractivity contribution is 5.77. The fraction of sp³-hybridized carbons (Fsp3) is 0.478. The minimum atomic E-state index is 0.147. The van der Waals surface area contributed by atoms with Gasteiger partial charge < -0.3 is 19.7 Å². The summed E-state index contributed by atoms with van der Waals surface area (Å²) in [7, 11) is 2.10. The lowest BCUT2D eigenvalue weighted by Crippen LogP contribution is -2.31. The highest BCUT2D eigenvalue weighted by Gasteiger charge is 2.50. The molecule has 1 aliphatic carbocycles. The molecule has 148 valence electrons. The van der Waals surface area contributed by atoms with E-state index in [1.807, 2.05) is 12.1 Å². The predicted octanol–water partition coefficient (Wildman–Crippen LogP) is 4.04. The van der Waals surface area contributed by atoms with E-state index in [1.165, 1.54) is 5.56 Å². The van der Waals surface area contributed by atoms with Gasteiger partial charge >= 0.3 is 0 Å². The summed E-state index contributed by atoms with van der Waals surface area (Å²) >= 11 is 0. The number of anilines is 2. The number of nitrogens with one attached hydrogen (secondary N) is 1. The van der Waals surface area contributed by atoms with Crippen molar-refractivity contribution in [3.63, 3.8) is 0 Å². The Hall–Kier alpha value is -2.56. The molecule has 0 saturated heterocycles. The summed E-state index contributed by atoms with van der Waals surface area (Å²) in [6.07, 6.45) is 2.55. The van der Waals surface area contributed by atoms with Gasteiger partial charge in [0.05, 0.1) is 12.3 Å². The van der Waals surface area contributed by atoms with E-state index < -0.39 is 0 Å². The van der Waals surface area contributed by atoms with Crippen LogP contribution < -0.4 is 15.0 Å². The van der Waals surface area contributed by atoms with Crippen molar-refractivity contribution < 1.29 is 9.53 Å². The van der Waals surface area contributed by atoms with Crippen LogP contribution in [0.25, 0.3) is 0 Å². The monoisotopic (exact) mass is 379 g/mol. The van der Waals surface area contributed by atoms with Crippen LogP contribution in [0.15, 0.2) is 36.4 Å². The Bertz CT molecular complexity index is 865. The average molecular weight is 380 g/mol. The molecule has 0 bridgehead atoms. The van der Waals surface area contributed by atoms with Gasteiger partial charge in [-0.05, 0) is 54.5 Å². The molecule has 0 spiro atoms. The van der Waals surface area contributed by atoms with Crippen molar-refractivity contribution in [1.29, 1.82) is 0 Å². The van der Waals surface area contributed by atoms with E-state index in [0.29, 0.717) is 18.9 Å². The first kappa shape index (κ1) is 18.8. The lowest BCUT2D eigenvalue weighted by atomic mass is 9.96. The molecule has 1 fully saturated rings. The van der Waals surface area contributed by atoms with Crippen LogP contribution in [-0.2, 0) is 11.2 Å². The molecule has 5 nitrogen and oxygen atoms in total. The third-order valence-electron chi connectivity index (χ3n) is 6.00. The zero-order chi connectivity index (χ0) is 19.7. The number of ketones is 1. The summed E-state index contributed by atoms with van der Waals surface area (Å²) in [5.41, 5.74) is 3.65. The van der Waals surface area contributed by atoms with Crippen LogP contribution in [0.2, 0.25) is 0 Å². The number of pyridine rings is 1. The molecule has 2 unspecified atom stereocenters. The van der Waals surface area contributed by atoms with Crippen LogP contribution in [0, 0.1) is 5.41 Å². The molecule has 28 heavy (non-hydrogen) atoms. The Morgan fingerprint density at radius 1 is 1.29 bits per heavy atom. The molecular formula is C23H29N3O2. The summed E-state index contributed by atoms with van der Waals surface area (Å²) in [6.45, 7) is 6.43. The molecule has 2 aliphatic rings. The molecule has 1 N–H and O–H groups in total. The second-order valence-corrected chi connectivity index (χ2v) is 8.48. The second kappa shape index (κ2) is 7.46. The predicted molar refractivity (Wildman–Crippen MR) is 112 cm³/mol. The van der Waals surface area contributed by atoms with Crippen molar-refractivity contribution >= 4 is 17.3 Å². The maximum absolute atomic E-state index is 11.4. The number of carbonyl (C=O) groups is 1. The van der Waals surface area contributed by atoms with Gasteiger partial charge in [0, 0.05) is 38.7 Å². The van der Waals surface area contributed by atoms with Crippen molar-refractivity contribution in [3.05, 3.63) is 47.7 Å². The van der Waals surface area contributed by atoms with Gasteiger partial charge in [-0.2, -0.15) is 0 Å². The van der Waals surface area contributed by atoms with Gasteiger partial charge in [0.1, 0.15) is 17.4 Å². The fourth-order valence-electron chi connectivity index (χ4n) is 4.29. The van der Waals surface area contributed by atoms with E-state index in [9.17, 15) is 4.79 Å². The van der Waals surface area contributed by atoms with E-state index in [1.54, 1.807) is 6.92 Å². The van der Waals surface area contributed by atoms with Crippen LogP contribution in [0.1, 0.15) is 43.9 Å². The average Bonchev–Trinajstić information content (AvgIpc) is 3.32. The minimum Gasteiger partial charge on any atom is -0.493 e. The Labute approximate surface area is 167 Å². The fourth-order valence-corrected chi connectivity index (χ4v) is 4.29. The van der Waals surface area contributed by atoms with Gasteiger partial charge in [-0.3, -0.25) is 0 Å². The van der Waals surface area contributed by atoms with Crippen LogP contribution in [0.5, 0.6) is 5.75 Å². The first-order chi connectivity index (χ1) is 13.4. The second-order valence-electron chi connectivity index (χ2n) is 8.48. The molecule has 2 heterocycles. The van der Waals surface area contributed by atoms with E-state index in [4.69, 9.17) is 9.72 Å². The summed E-state index contributed by atoms with van der Waals surface area (Å²) in [4.78, 5) is 18.4. The molecule has 0 radical (unpaired) electrons. The third-order valence-corrected chi connectivity index (χ3v) is 6.00. The summed E-state index contributed by atoms with van der Waals surface area (Å²) in [5, 5.41) is 3.37. The smallest absolute Gasteiger partial charge is 0.149 e. The van der Waals surface area contributed by atoms with Gasteiger partial charge in [-0.15, -0.1) is 0 Å². The van der Waals surface area contributed by atoms with E-state index in [2.05, 4.69) is 48.5 Å². The van der Waals surface area contributed by atoms with Gasteiger partial charge in [-0.25, -0.2) is 4.98 Å². The Morgan fingerprint density at radius 3 is 2.82 bits per heavy atom. The lowest BCUT2D eigenvalue weighted by molar-refractivity contribution is -0.118. The SMILES string of the molecule is CC(=O)CC1(C)CC1c1ccc(OCCc2ccc3c(n2)NCCN3C)cc1. The quantitative estimate of drug-likeness (QED) is 0.787. The molecule has 4 rings (SSSR count). The van der Waals surface area contributed by atoms with Crippen molar-refractivity contribution in [2.24, 2.45) is 5.41 Å². The Kier molecular flexibility index (Phi) is 5.00. The van der Waals surface area contributed by atoms with E-state index in [0.717, 1.165) is 48.9 Å². The topological polar surface area (TPSA) is 54.5 Å². The number of aromatic nitrogens is 1. The molecule has 1 saturated carbocycles. The minimum absolute atomic E-state index is 0.147. The molecule has 1 aromatic carbocycles. The zero-order valence-corrected chi connectivity index (χ0v) is 17.0. The Balaban J connectivity index is 1.30. The van der Waals surface area contributed by atoms with Crippen LogP contribution in [-0.4, -0.2) is 37.5 Å². The van der Waals surface area contributed by atoms with Crippen molar-refractivity contribution in [1.82, 2.24) is 4.98 Å². The number of carbonyl (C=O) groups excluding carboxylic acids is 1. The molecule has 2 aromatic rings.